The number of cyclic esters (lactones) is 1. The third-order valence-electron chi connectivity index (χ3n) is 2.68. The van der Waals surface area contributed by atoms with Crippen LogP contribution in [0.4, 0.5) is 26.7 Å². The molecule has 0 aromatic heterocycles. The Morgan fingerprint density at radius 3 is 2.42 bits per heavy atom. The van der Waals surface area contributed by atoms with E-state index < -0.39 is 29.8 Å². The monoisotopic (exact) mass is 281 g/mol. The number of hydrogen-bond acceptors (Lipinski definition) is 2. The SMILES string of the molecule is O=C1NC(c2cccc(C(F)(F)C(F)(F)F)c2)CO1. The average Bonchev–Trinajstić information content (AvgIpc) is 2.75. The number of carbonyl (C=O) groups is 1. The van der Waals surface area contributed by atoms with Gasteiger partial charge in [0.2, 0.25) is 0 Å². The molecule has 104 valence electrons. The van der Waals surface area contributed by atoms with Crippen LogP contribution in [-0.2, 0) is 10.7 Å². The normalized spacial score (nSPS) is 20.1. The van der Waals surface area contributed by atoms with E-state index in [0.29, 0.717) is 12.1 Å². The van der Waals surface area contributed by atoms with Crippen LogP contribution in [0.15, 0.2) is 24.3 Å². The second kappa shape index (κ2) is 4.36. The summed E-state index contributed by atoms with van der Waals surface area (Å²) in [5.74, 6) is -4.94. The zero-order chi connectivity index (χ0) is 14.3. The largest absolute Gasteiger partial charge is 0.458 e. The van der Waals surface area contributed by atoms with Gasteiger partial charge >= 0.3 is 18.2 Å². The molecule has 1 fully saturated rings. The van der Waals surface area contributed by atoms with Gasteiger partial charge in [-0.3, -0.25) is 0 Å². The van der Waals surface area contributed by atoms with Crippen LogP contribution in [0.25, 0.3) is 0 Å². The standard InChI is InChI=1S/C11H8F5NO2/c12-10(13,11(14,15)16)7-3-1-2-6(4-7)8-5-19-9(18)17-8/h1-4,8H,5H2,(H,17,18). The lowest BCUT2D eigenvalue weighted by Crippen LogP contribution is -2.33. The molecule has 1 aromatic carbocycles. The van der Waals surface area contributed by atoms with Crippen molar-refractivity contribution in [3.63, 3.8) is 0 Å². The van der Waals surface area contributed by atoms with Gasteiger partial charge in [-0.2, -0.15) is 22.0 Å². The number of nitrogens with one attached hydrogen (secondary N) is 1. The van der Waals surface area contributed by atoms with Gasteiger partial charge < -0.3 is 10.1 Å². The zero-order valence-electron chi connectivity index (χ0n) is 9.30. The molecule has 1 amide bonds. The summed E-state index contributed by atoms with van der Waals surface area (Å²) in [4.78, 5) is 10.8. The Morgan fingerprint density at radius 1 is 1.21 bits per heavy atom. The first kappa shape index (κ1) is 13.6. The molecule has 0 bridgehead atoms. The van der Waals surface area contributed by atoms with Gasteiger partial charge in [-0.1, -0.05) is 18.2 Å². The van der Waals surface area contributed by atoms with Crippen LogP contribution in [0.3, 0.4) is 0 Å². The van der Waals surface area contributed by atoms with E-state index in [0.717, 1.165) is 6.07 Å². The lowest BCUT2D eigenvalue weighted by Gasteiger charge is -2.21. The molecule has 1 aromatic rings. The first-order valence-electron chi connectivity index (χ1n) is 5.20. The molecule has 1 atom stereocenters. The minimum absolute atomic E-state index is 0.111. The van der Waals surface area contributed by atoms with E-state index in [1.54, 1.807) is 0 Å². The molecule has 1 unspecified atom stereocenters. The lowest BCUT2D eigenvalue weighted by atomic mass is 10.0. The lowest BCUT2D eigenvalue weighted by molar-refractivity contribution is -0.289. The molecule has 0 radical (unpaired) electrons. The second-order valence-corrected chi connectivity index (χ2v) is 3.99. The van der Waals surface area contributed by atoms with Gasteiger partial charge in [-0.15, -0.1) is 0 Å². The van der Waals surface area contributed by atoms with Gasteiger partial charge in [0.25, 0.3) is 0 Å². The zero-order valence-corrected chi connectivity index (χ0v) is 9.30. The molecule has 1 N–H and O–H groups in total. The maximum atomic E-state index is 13.2. The molecule has 3 nitrogen and oxygen atoms in total. The van der Waals surface area contributed by atoms with E-state index in [1.165, 1.54) is 6.07 Å². The average molecular weight is 281 g/mol. The maximum Gasteiger partial charge on any atom is 0.458 e. The van der Waals surface area contributed by atoms with Crippen molar-refractivity contribution in [2.45, 2.75) is 18.1 Å². The molecule has 19 heavy (non-hydrogen) atoms. The topological polar surface area (TPSA) is 38.3 Å². The molecule has 1 saturated heterocycles. The van der Waals surface area contributed by atoms with Gasteiger partial charge in [0.15, 0.2) is 0 Å². The third kappa shape index (κ3) is 2.47. The summed E-state index contributed by atoms with van der Waals surface area (Å²) in [6, 6.07) is 3.10. The summed E-state index contributed by atoms with van der Waals surface area (Å²) in [5.41, 5.74) is -1.04. The fraction of sp³-hybridized carbons (Fsp3) is 0.364. The predicted octanol–water partition coefficient (Wildman–Crippen LogP) is 3.12. The van der Waals surface area contributed by atoms with E-state index >= 15 is 0 Å². The van der Waals surface area contributed by atoms with E-state index in [2.05, 4.69) is 10.1 Å². The number of halogens is 5. The fourth-order valence-electron chi connectivity index (χ4n) is 1.68. The molecular formula is C11H8F5NO2. The second-order valence-electron chi connectivity index (χ2n) is 3.99. The maximum absolute atomic E-state index is 13.2. The van der Waals surface area contributed by atoms with Gasteiger partial charge in [-0.05, 0) is 11.6 Å². The Hall–Kier alpha value is -1.86. The van der Waals surface area contributed by atoms with Gasteiger partial charge in [0.1, 0.15) is 6.61 Å². The summed E-state index contributed by atoms with van der Waals surface area (Å²) in [6.07, 6.45) is -6.40. The first-order valence-corrected chi connectivity index (χ1v) is 5.20. The molecule has 1 aliphatic rings. The number of alkyl halides is 5. The molecule has 1 heterocycles. The van der Waals surface area contributed by atoms with Crippen LogP contribution in [0, 0.1) is 0 Å². The summed E-state index contributed by atoms with van der Waals surface area (Å²) in [5, 5.41) is 2.30. The number of ether oxygens (including phenoxy) is 1. The Kier molecular flexibility index (Phi) is 3.11. The van der Waals surface area contributed by atoms with Crippen molar-refractivity contribution >= 4 is 6.09 Å². The van der Waals surface area contributed by atoms with Crippen molar-refractivity contribution in [3.05, 3.63) is 35.4 Å². The van der Waals surface area contributed by atoms with Crippen molar-refractivity contribution in [1.29, 1.82) is 0 Å². The number of benzene rings is 1. The molecule has 0 saturated carbocycles. The molecule has 8 heteroatoms. The van der Waals surface area contributed by atoms with Crippen molar-refractivity contribution in [3.8, 4) is 0 Å². The molecule has 0 spiro atoms. The van der Waals surface area contributed by atoms with Crippen molar-refractivity contribution in [1.82, 2.24) is 5.32 Å². The Labute approximate surface area is 104 Å². The van der Waals surface area contributed by atoms with Crippen LogP contribution in [0.5, 0.6) is 0 Å². The molecule has 1 aliphatic heterocycles. The quantitative estimate of drug-likeness (QED) is 0.846. The van der Waals surface area contributed by atoms with E-state index in [-0.39, 0.29) is 12.2 Å². The van der Waals surface area contributed by atoms with E-state index in [4.69, 9.17) is 0 Å². The Morgan fingerprint density at radius 2 is 1.89 bits per heavy atom. The van der Waals surface area contributed by atoms with Crippen LogP contribution in [0.2, 0.25) is 0 Å². The predicted molar refractivity (Wildman–Crippen MR) is 53.6 cm³/mol. The van der Waals surface area contributed by atoms with Gasteiger partial charge in [0, 0.05) is 5.56 Å². The highest BCUT2D eigenvalue weighted by atomic mass is 19.4. The van der Waals surface area contributed by atoms with Crippen LogP contribution in [0.1, 0.15) is 17.2 Å². The minimum atomic E-state index is -5.67. The highest BCUT2D eigenvalue weighted by molar-refractivity contribution is 5.70. The Bertz CT molecular complexity index is 500. The molecular weight excluding hydrogens is 273 g/mol. The summed E-state index contributed by atoms with van der Waals surface area (Å²) in [7, 11) is 0. The minimum Gasteiger partial charge on any atom is -0.447 e. The number of amides is 1. The van der Waals surface area contributed by atoms with Crippen LogP contribution >= 0.6 is 0 Å². The fourth-order valence-corrected chi connectivity index (χ4v) is 1.68. The van der Waals surface area contributed by atoms with Crippen molar-refractivity contribution in [2.75, 3.05) is 6.61 Å². The number of hydrogen-bond donors (Lipinski definition) is 1. The van der Waals surface area contributed by atoms with Crippen LogP contribution in [-0.4, -0.2) is 18.9 Å². The number of alkyl carbamates (subject to hydrolysis) is 1. The summed E-state index contributed by atoms with van der Waals surface area (Å²) in [6.45, 7) is -0.111. The first-order chi connectivity index (χ1) is 8.72. The van der Waals surface area contributed by atoms with Gasteiger partial charge in [-0.25, -0.2) is 4.79 Å². The van der Waals surface area contributed by atoms with E-state index in [1.807, 2.05) is 0 Å². The summed E-state index contributed by atoms with van der Waals surface area (Å²) >= 11 is 0. The van der Waals surface area contributed by atoms with Gasteiger partial charge in [0.05, 0.1) is 6.04 Å². The van der Waals surface area contributed by atoms with E-state index in [9.17, 15) is 26.7 Å². The highest BCUT2D eigenvalue weighted by Crippen LogP contribution is 2.44. The molecule has 2 rings (SSSR count). The number of rotatable bonds is 2. The summed E-state index contributed by atoms with van der Waals surface area (Å²) < 4.78 is 67.6. The Balaban J connectivity index is 2.32. The smallest absolute Gasteiger partial charge is 0.447 e. The third-order valence-corrected chi connectivity index (χ3v) is 2.68. The molecule has 0 aliphatic carbocycles. The highest BCUT2D eigenvalue weighted by Gasteiger charge is 2.58. The number of carbonyl (C=O) groups excluding carboxylic acids is 1. The van der Waals surface area contributed by atoms with Crippen LogP contribution < -0.4 is 5.32 Å². The van der Waals surface area contributed by atoms with Crippen molar-refractivity contribution in [2.24, 2.45) is 0 Å². The van der Waals surface area contributed by atoms with Crippen molar-refractivity contribution < 1.29 is 31.5 Å².